The summed E-state index contributed by atoms with van der Waals surface area (Å²) in [6.45, 7) is 2.33. The van der Waals surface area contributed by atoms with E-state index in [9.17, 15) is 14.9 Å². The third-order valence-corrected chi connectivity index (χ3v) is 7.75. The van der Waals surface area contributed by atoms with Crippen molar-refractivity contribution in [2.75, 3.05) is 11.4 Å². The first-order valence-corrected chi connectivity index (χ1v) is 13.0. The van der Waals surface area contributed by atoms with Crippen molar-refractivity contribution >= 4 is 52.5 Å². The molecule has 0 radical (unpaired) electrons. The predicted molar refractivity (Wildman–Crippen MR) is 146 cm³/mol. The molecule has 36 heavy (non-hydrogen) atoms. The van der Waals surface area contributed by atoms with Gasteiger partial charge in [-0.3, -0.25) is 14.5 Å². The Morgan fingerprint density at radius 2 is 1.75 bits per heavy atom. The number of carbonyl (C=O) groups excluding carboxylic acids is 2. The van der Waals surface area contributed by atoms with E-state index in [1.54, 1.807) is 12.1 Å². The van der Waals surface area contributed by atoms with Gasteiger partial charge in [0, 0.05) is 12.2 Å². The van der Waals surface area contributed by atoms with Crippen LogP contribution in [0.25, 0.3) is 0 Å². The van der Waals surface area contributed by atoms with E-state index in [2.05, 4.69) is 5.32 Å². The smallest absolute Gasteiger partial charge is 0.264 e. The molecule has 0 aliphatic carbocycles. The third-order valence-electron chi connectivity index (χ3n) is 5.74. The minimum absolute atomic E-state index is 0.0846. The number of benzene rings is 3. The molecule has 1 atom stereocenters. The molecule has 0 saturated carbocycles. The van der Waals surface area contributed by atoms with Gasteiger partial charge >= 0.3 is 0 Å². The highest BCUT2D eigenvalue weighted by molar-refractivity contribution is 8.05. The molecule has 1 N–H and O–H groups in total. The molecule has 0 bridgehead atoms. The lowest BCUT2D eigenvalue weighted by molar-refractivity contribution is -0.117. The number of nitrogens with one attached hydrogen (secondary N) is 1. The van der Waals surface area contributed by atoms with Crippen molar-refractivity contribution in [1.29, 1.82) is 5.26 Å². The Bertz CT molecular complexity index is 1350. The molecule has 2 amide bonds. The van der Waals surface area contributed by atoms with E-state index >= 15 is 0 Å². The summed E-state index contributed by atoms with van der Waals surface area (Å²) in [5, 5.41) is 13.4. The Morgan fingerprint density at radius 1 is 1.03 bits per heavy atom. The summed E-state index contributed by atoms with van der Waals surface area (Å²) in [5.41, 5.74) is 3.48. The first-order valence-electron chi connectivity index (χ1n) is 11.3. The lowest BCUT2D eigenvalue weighted by atomic mass is 10.1. The zero-order valence-electron chi connectivity index (χ0n) is 19.5. The van der Waals surface area contributed by atoms with Crippen LogP contribution in [0, 0.1) is 18.3 Å². The molecule has 4 rings (SSSR count). The summed E-state index contributed by atoms with van der Waals surface area (Å²) in [6.07, 6.45) is 1.01. The molecule has 3 aromatic rings. The van der Waals surface area contributed by atoms with E-state index in [0.29, 0.717) is 40.1 Å². The molecule has 0 spiro atoms. The molecule has 1 fully saturated rings. The fourth-order valence-corrected chi connectivity index (χ4v) is 5.48. The monoisotopic (exact) mass is 535 g/mol. The van der Waals surface area contributed by atoms with Gasteiger partial charge in [0.15, 0.2) is 0 Å². The number of hydrogen-bond donors (Lipinski definition) is 1. The minimum atomic E-state index is -0.529. The van der Waals surface area contributed by atoms with Crippen molar-refractivity contribution < 1.29 is 9.59 Å². The number of hydrogen-bond acceptors (Lipinski definition) is 4. The van der Waals surface area contributed by atoms with E-state index in [1.165, 1.54) is 16.7 Å². The van der Waals surface area contributed by atoms with Crippen molar-refractivity contribution in [1.82, 2.24) is 5.32 Å². The second-order valence-corrected chi connectivity index (χ2v) is 10.4. The molecule has 1 saturated heterocycles. The van der Waals surface area contributed by atoms with Crippen LogP contribution < -0.4 is 10.2 Å². The van der Waals surface area contributed by atoms with Crippen LogP contribution >= 0.6 is 35.0 Å². The standard InChI is InChI=1S/C28H23Cl2N3O2S/c1-18-7-10-21(11-8-18)33-27(35)25(16-20-9-12-23(29)24(30)15-20)36-28(33)22(17-31)26(34)32-14-13-19-5-3-2-4-6-19/h2-12,15,25H,13-14,16H2,1H3,(H,32,34)/b28-22-. The van der Waals surface area contributed by atoms with Gasteiger partial charge in [-0.1, -0.05) is 89.1 Å². The maximum atomic E-state index is 13.6. The van der Waals surface area contributed by atoms with Crippen molar-refractivity contribution in [2.24, 2.45) is 0 Å². The van der Waals surface area contributed by atoms with E-state index in [-0.39, 0.29) is 11.5 Å². The van der Waals surface area contributed by atoms with Crippen LogP contribution in [0.5, 0.6) is 0 Å². The Labute approximate surface area is 224 Å². The Morgan fingerprint density at radius 3 is 2.42 bits per heavy atom. The van der Waals surface area contributed by atoms with E-state index in [0.717, 1.165) is 16.7 Å². The average Bonchev–Trinajstić information content (AvgIpc) is 3.18. The molecular formula is C28H23Cl2N3O2S. The fourth-order valence-electron chi connectivity index (χ4n) is 3.85. The zero-order chi connectivity index (χ0) is 25.7. The summed E-state index contributed by atoms with van der Waals surface area (Å²) in [7, 11) is 0. The number of aryl methyl sites for hydroxylation is 1. The minimum Gasteiger partial charge on any atom is -0.351 e. The van der Waals surface area contributed by atoms with E-state index in [4.69, 9.17) is 23.2 Å². The highest BCUT2D eigenvalue weighted by Crippen LogP contribution is 2.42. The molecule has 1 aliphatic heterocycles. The van der Waals surface area contributed by atoms with Gasteiger partial charge in [0.05, 0.1) is 15.3 Å². The third kappa shape index (κ3) is 5.93. The van der Waals surface area contributed by atoms with Gasteiger partial charge in [-0.25, -0.2) is 0 Å². The zero-order valence-corrected chi connectivity index (χ0v) is 21.8. The molecule has 5 nitrogen and oxygen atoms in total. The van der Waals surface area contributed by atoms with Crippen LogP contribution in [0.15, 0.2) is 83.4 Å². The second-order valence-electron chi connectivity index (χ2n) is 8.35. The van der Waals surface area contributed by atoms with Gasteiger partial charge in [0.2, 0.25) is 5.91 Å². The largest absolute Gasteiger partial charge is 0.351 e. The van der Waals surface area contributed by atoms with Crippen molar-refractivity contribution in [3.05, 3.63) is 110 Å². The van der Waals surface area contributed by atoms with Gasteiger partial charge in [-0.05, 0) is 55.2 Å². The number of nitriles is 1. The van der Waals surface area contributed by atoms with Gasteiger partial charge < -0.3 is 5.32 Å². The molecule has 1 aliphatic rings. The topological polar surface area (TPSA) is 73.2 Å². The van der Waals surface area contributed by atoms with Gasteiger partial charge in [-0.2, -0.15) is 5.26 Å². The first kappa shape index (κ1) is 25.8. The predicted octanol–water partition coefficient (Wildman–Crippen LogP) is 6.09. The normalized spacial score (nSPS) is 16.6. The number of thioether (sulfide) groups is 1. The lowest BCUT2D eigenvalue weighted by Gasteiger charge is -2.19. The maximum absolute atomic E-state index is 13.6. The number of anilines is 1. The van der Waals surface area contributed by atoms with Crippen molar-refractivity contribution in [3.8, 4) is 6.07 Å². The fraction of sp³-hybridized carbons (Fsp3) is 0.179. The Hall–Kier alpha value is -3.24. The highest BCUT2D eigenvalue weighted by atomic mass is 35.5. The van der Waals surface area contributed by atoms with Crippen molar-refractivity contribution in [2.45, 2.75) is 25.0 Å². The SMILES string of the molecule is Cc1ccc(N2C(=O)C(Cc3ccc(Cl)c(Cl)c3)S/C2=C(/C#N)C(=O)NCCc2ccccc2)cc1. The van der Waals surface area contributed by atoms with Crippen LogP contribution in [0.1, 0.15) is 16.7 Å². The molecule has 8 heteroatoms. The van der Waals surface area contributed by atoms with Crippen LogP contribution in [-0.4, -0.2) is 23.6 Å². The summed E-state index contributed by atoms with van der Waals surface area (Å²) in [4.78, 5) is 28.1. The summed E-state index contributed by atoms with van der Waals surface area (Å²) >= 11 is 13.4. The molecule has 182 valence electrons. The summed E-state index contributed by atoms with van der Waals surface area (Å²) in [6, 6.07) is 24.5. The van der Waals surface area contributed by atoms with Crippen LogP contribution in [0.3, 0.4) is 0 Å². The molecular weight excluding hydrogens is 513 g/mol. The molecule has 1 unspecified atom stereocenters. The number of nitrogens with zero attached hydrogens (tertiary/aromatic N) is 2. The Balaban J connectivity index is 1.62. The van der Waals surface area contributed by atoms with Gasteiger partial charge in [0.1, 0.15) is 16.7 Å². The summed E-state index contributed by atoms with van der Waals surface area (Å²) in [5.74, 6) is -0.703. The van der Waals surface area contributed by atoms with E-state index < -0.39 is 11.2 Å². The second kappa shape index (κ2) is 11.7. The van der Waals surface area contributed by atoms with E-state index in [1.807, 2.05) is 73.7 Å². The van der Waals surface area contributed by atoms with Gasteiger partial charge in [0.25, 0.3) is 5.91 Å². The molecule has 0 aromatic heterocycles. The van der Waals surface area contributed by atoms with Crippen molar-refractivity contribution in [3.63, 3.8) is 0 Å². The number of carbonyl (C=O) groups is 2. The maximum Gasteiger partial charge on any atom is 0.264 e. The summed E-state index contributed by atoms with van der Waals surface area (Å²) < 4.78 is 0. The van der Waals surface area contributed by atoms with Gasteiger partial charge in [-0.15, -0.1) is 0 Å². The molecule has 3 aromatic carbocycles. The Kier molecular flexibility index (Phi) is 8.37. The highest BCUT2D eigenvalue weighted by Gasteiger charge is 2.40. The quantitative estimate of drug-likeness (QED) is 0.293. The number of rotatable bonds is 7. The average molecular weight is 536 g/mol. The lowest BCUT2D eigenvalue weighted by Crippen LogP contribution is -2.32. The van der Waals surface area contributed by atoms with Crippen LogP contribution in [-0.2, 0) is 22.4 Å². The number of halogens is 2. The first-order chi connectivity index (χ1) is 17.4. The van der Waals surface area contributed by atoms with Crippen LogP contribution in [0.2, 0.25) is 10.0 Å². The van der Waals surface area contributed by atoms with Crippen LogP contribution in [0.4, 0.5) is 5.69 Å². The molecule has 1 heterocycles. The number of amides is 2.